The van der Waals surface area contributed by atoms with E-state index in [1.807, 2.05) is 52.8 Å². The number of hydrogen-bond acceptors (Lipinski definition) is 5. The number of halogens is 1. The summed E-state index contributed by atoms with van der Waals surface area (Å²) >= 11 is 3.44. The highest BCUT2D eigenvalue weighted by Gasteiger charge is 2.25. The van der Waals surface area contributed by atoms with Crippen LogP contribution in [-0.2, 0) is 4.74 Å². The molecule has 0 saturated heterocycles. The summed E-state index contributed by atoms with van der Waals surface area (Å²) < 4.78 is 6.48. The van der Waals surface area contributed by atoms with E-state index < -0.39 is 11.7 Å². The van der Waals surface area contributed by atoms with Crippen molar-refractivity contribution in [2.24, 2.45) is 0 Å². The molecule has 1 aromatic carbocycles. The normalized spacial score (nSPS) is 12.1. The first-order valence-electron chi connectivity index (χ1n) is 8.06. The van der Waals surface area contributed by atoms with E-state index in [9.17, 15) is 4.79 Å². The summed E-state index contributed by atoms with van der Waals surface area (Å²) in [6, 6.07) is 5.82. The van der Waals surface area contributed by atoms with E-state index >= 15 is 0 Å². The van der Waals surface area contributed by atoms with Crippen LogP contribution in [0.1, 0.15) is 34.6 Å². The van der Waals surface area contributed by atoms with Gasteiger partial charge in [0, 0.05) is 15.4 Å². The summed E-state index contributed by atoms with van der Waals surface area (Å²) in [5.41, 5.74) is 7.18. The van der Waals surface area contributed by atoms with Gasteiger partial charge < -0.3 is 21.1 Å². The minimum atomic E-state index is -0.716. The number of nitrogens with two attached hydrogens (primary N) is 1. The first-order chi connectivity index (χ1) is 11.5. The van der Waals surface area contributed by atoms with Crippen molar-refractivity contribution in [1.29, 1.82) is 0 Å². The standard InChI is InChI=1S/C18H25BrN4O2/c1-17(2,3)23-16(24)25-18(4,5)10-22-15-12-7-6-11(19)8-14(12)21-9-13(15)20/h6-9H,10,20H2,1-5H3,(H,21,22)(H,23,24). The van der Waals surface area contributed by atoms with E-state index in [1.165, 1.54) is 0 Å². The van der Waals surface area contributed by atoms with Crippen molar-refractivity contribution < 1.29 is 9.53 Å². The lowest BCUT2D eigenvalue weighted by Gasteiger charge is -2.29. The van der Waals surface area contributed by atoms with Gasteiger partial charge in [-0.05, 0) is 52.8 Å². The molecule has 0 aliphatic rings. The number of nitrogens with one attached hydrogen (secondary N) is 2. The van der Waals surface area contributed by atoms with Gasteiger partial charge in [-0.2, -0.15) is 0 Å². The van der Waals surface area contributed by atoms with Crippen LogP contribution in [-0.4, -0.2) is 28.8 Å². The van der Waals surface area contributed by atoms with Gasteiger partial charge in [0.2, 0.25) is 0 Å². The second-order valence-corrected chi connectivity index (χ2v) is 8.54. The number of alkyl carbamates (subject to hydrolysis) is 1. The lowest BCUT2D eigenvalue weighted by molar-refractivity contribution is 0.0439. The Hall–Kier alpha value is -2.02. The first-order valence-corrected chi connectivity index (χ1v) is 8.85. The lowest BCUT2D eigenvalue weighted by atomic mass is 10.1. The Labute approximate surface area is 156 Å². The van der Waals surface area contributed by atoms with Crippen LogP contribution in [0.5, 0.6) is 0 Å². The van der Waals surface area contributed by atoms with Crippen LogP contribution >= 0.6 is 15.9 Å². The summed E-state index contributed by atoms with van der Waals surface area (Å²) in [6.07, 6.45) is 1.17. The molecule has 0 unspecified atom stereocenters. The van der Waals surface area contributed by atoms with E-state index in [0.29, 0.717) is 12.2 Å². The SMILES string of the molecule is CC(C)(C)NC(=O)OC(C)(C)CNc1c(N)cnc2cc(Br)ccc12. The molecule has 0 aliphatic heterocycles. The summed E-state index contributed by atoms with van der Waals surface area (Å²) in [5, 5.41) is 7.01. The van der Waals surface area contributed by atoms with Crippen LogP contribution in [0.3, 0.4) is 0 Å². The van der Waals surface area contributed by atoms with Crippen molar-refractivity contribution in [2.75, 3.05) is 17.6 Å². The van der Waals surface area contributed by atoms with Crippen molar-refractivity contribution in [3.63, 3.8) is 0 Å². The van der Waals surface area contributed by atoms with Crippen molar-refractivity contribution in [2.45, 2.75) is 45.8 Å². The van der Waals surface area contributed by atoms with Gasteiger partial charge in [-0.3, -0.25) is 4.98 Å². The zero-order valence-electron chi connectivity index (χ0n) is 15.2. The minimum absolute atomic E-state index is 0.348. The number of carbonyl (C=O) groups excluding carboxylic acids is 1. The lowest BCUT2D eigenvalue weighted by Crippen LogP contribution is -2.46. The highest BCUT2D eigenvalue weighted by Crippen LogP contribution is 2.30. The molecule has 6 nitrogen and oxygen atoms in total. The Kier molecular flexibility index (Phi) is 5.46. The number of anilines is 2. The molecule has 0 aliphatic carbocycles. The third-order valence-electron chi connectivity index (χ3n) is 3.40. The molecule has 0 radical (unpaired) electrons. The monoisotopic (exact) mass is 408 g/mol. The summed E-state index contributed by atoms with van der Waals surface area (Å²) in [7, 11) is 0. The molecule has 1 amide bonds. The van der Waals surface area contributed by atoms with Crippen molar-refractivity contribution in [1.82, 2.24) is 10.3 Å². The number of rotatable bonds is 4. The molecule has 0 atom stereocenters. The molecule has 0 fully saturated rings. The maximum absolute atomic E-state index is 12.0. The Morgan fingerprint density at radius 1 is 1.28 bits per heavy atom. The van der Waals surface area contributed by atoms with E-state index in [0.717, 1.165) is 21.1 Å². The maximum atomic E-state index is 12.0. The summed E-state index contributed by atoms with van der Waals surface area (Å²) in [5.74, 6) is 0. The molecular weight excluding hydrogens is 384 g/mol. The van der Waals surface area contributed by atoms with Crippen LogP contribution in [0.15, 0.2) is 28.9 Å². The Bertz CT molecular complexity index is 784. The maximum Gasteiger partial charge on any atom is 0.408 e. The van der Waals surface area contributed by atoms with Gasteiger partial charge in [-0.15, -0.1) is 0 Å². The van der Waals surface area contributed by atoms with Crippen molar-refractivity contribution >= 4 is 44.3 Å². The highest BCUT2D eigenvalue weighted by atomic mass is 79.9. The van der Waals surface area contributed by atoms with E-state index in [2.05, 4.69) is 31.5 Å². The van der Waals surface area contributed by atoms with Crippen molar-refractivity contribution in [3.05, 3.63) is 28.9 Å². The molecule has 1 heterocycles. The van der Waals surface area contributed by atoms with Crippen LogP contribution < -0.4 is 16.4 Å². The second kappa shape index (κ2) is 7.07. The Morgan fingerprint density at radius 2 is 1.96 bits per heavy atom. The number of benzene rings is 1. The van der Waals surface area contributed by atoms with Crippen molar-refractivity contribution in [3.8, 4) is 0 Å². The molecule has 1 aromatic heterocycles. The Morgan fingerprint density at radius 3 is 2.60 bits per heavy atom. The van der Waals surface area contributed by atoms with E-state index in [4.69, 9.17) is 10.5 Å². The smallest absolute Gasteiger partial charge is 0.408 e. The fraction of sp³-hybridized carbons (Fsp3) is 0.444. The quantitative estimate of drug-likeness (QED) is 0.701. The fourth-order valence-electron chi connectivity index (χ4n) is 2.30. The fourth-order valence-corrected chi connectivity index (χ4v) is 2.65. The van der Waals surface area contributed by atoms with E-state index in [-0.39, 0.29) is 5.54 Å². The molecule has 0 spiro atoms. The van der Waals surface area contributed by atoms with Crippen LogP contribution in [0.4, 0.5) is 16.2 Å². The number of aromatic nitrogens is 1. The van der Waals surface area contributed by atoms with Crippen LogP contribution in [0.2, 0.25) is 0 Å². The number of nitrogen functional groups attached to an aromatic ring is 1. The van der Waals surface area contributed by atoms with Gasteiger partial charge in [0.25, 0.3) is 0 Å². The molecular formula is C18H25BrN4O2. The second-order valence-electron chi connectivity index (χ2n) is 7.63. The van der Waals surface area contributed by atoms with Crippen LogP contribution in [0.25, 0.3) is 10.9 Å². The number of hydrogen-bond donors (Lipinski definition) is 3. The molecule has 0 saturated carbocycles. The third-order valence-corrected chi connectivity index (χ3v) is 3.89. The van der Waals surface area contributed by atoms with Gasteiger partial charge in [-0.1, -0.05) is 15.9 Å². The zero-order chi connectivity index (χ0) is 18.8. The first kappa shape index (κ1) is 19.3. The van der Waals surface area contributed by atoms with Gasteiger partial charge >= 0.3 is 6.09 Å². The van der Waals surface area contributed by atoms with Gasteiger partial charge in [0.15, 0.2) is 0 Å². The average Bonchev–Trinajstić information content (AvgIpc) is 2.43. The molecule has 0 bridgehead atoms. The zero-order valence-corrected chi connectivity index (χ0v) is 16.8. The molecule has 7 heteroatoms. The molecule has 2 rings (SSSR count). The predicted molar refractivity (Wildman–Crippen MR) is 106 cm³/mol. The van der Waals surface area contributed by atoms with Gasteiger partial charge in [0.05, 0.1) is 29.6 Å². The number of nitrogens with zero attached hydrogens (tertiary/aromatic N) is 1. The van der Waals surface area contributed by atoms with Gasteiger partial charge in [0.1, 0.15) is 5.60 Å². The minimum Gasteiger partial charge on any atom is -0.442 e. The number of pyridine rings is 1. The van der Waals surface area contributed by atoms with Gasteiger partial charge in [-0.25, -0.2) is 4.79 Å². The topological polar surface area (TPSA) is 89.3 Å². The average molecular weight is 409 g/mol. The van der Waals surface area contributed by atoms with Crippen LogP contribution in [0, 0.1) is 0 Å². The molecule has 25 heavy (non-hydrogen) atoms. The molecule has 4 N–H and O–H groups in total. The van der Waals surface area contributed by atoms with E-state index in [1.54, 1.807) is 6.20 Å². The predicted octanol–water partition coefficient (Wildman–Crippen LogP) is 4.29. The number of amides is 1. The Balaban J connectivity index is 2.13. The molecule has 136 valence electrons. The number of ether oxygens (including phenoxy) is 1. The largest absolute Gasteiger partial charge is 0.442 e. The highest BCUT2D eigenvalue weighted by molar-refractivity contribution is 9.10. The number of carbonyl (C=O) groups is 1. The third kappa shape index (κ3) is 5.49. The molecule has 2 aromatic rings. The summed E-state index contributed by atoms with van der Waals surface area (Å²) in [4.78, 5) is 16.3. The summed E-state index contributed by atoms with van der Waals surface area (Å²) in [6.45, 7) is 9.81. The number of fused-ring (bicyclic) bond motifs is 1.